The summed E-state index contributed by atoms with van der Waals surface area (Å²) in [4.78, 5) is 4.84. The maximum Gasteiger partial charge on any atom is 0.0217 e. The first-order chi connectivity index (χ1) is 5.61. The molecule has 0 aromatic rings. The van der Waals surface area contributed by atoms with E-state index in [-0.39, 0.29) is 6.04 Å². The highest BCUT2D eigenvalue weighted by atomic mass is 15.3. The molecule has 0 aliphatic carbocycles. The van der Waals surface area contributed by atoms with Crippen molar-refractivity contribution in [3.05, 3.63) is 0 Å². The number of likely N-dealkylation sites (N-methyl/N-ethyl adjacent to an activating group) is 1. The number of rotatable bonds is 2. The summed E-state index contributed by atoms with van der Waals surface area (Å²) in [5.74, 6) is 0. The lowest BCUT2D eigenvalue weighted by Crippen LogP contribution is -2.52. The summed E-state index contributed by atoms with van der Waals surface area (Å²) in [5, 5.41) is 0. The van der Waals surface area contributed by atoms with Gasteiger partial charge in [-0.3, -0.25) is 4.90 Å². The Hall–Kier alpha value is -0.120. The van der Waals surface area contributed by atoms with Crippen molar-refractivity contribution < 1.29 is 0 Å². The van der Waals surface area contributed by atoms with Crippen LogP contribution < -0.4 is 5.73 Å². The fraction of sp³-hybridized carbons (Fsp3) is 1.00. The number of nitrogens with zero attached hydrogens (tertiary/aromatic N) is 2. The van der Waals surface area contributed by atoms with Gasteiger partial charge in [-0.2, -0.15) is 0 Å². The van der Waals surface area contributed by atoms with Crippen LogP contribution in [0.3, 0.4) is 0 Å². The lowest BCUT2D eigenvalue weighted by atomic mass is 10.1. The average Bonchev–Trinajstić information content (AvgIpc) is 2.04. The maximum absolute atomic E-state index is 5.85. The van der Waals surface area contributed by atoms with Gasteiger partial charge >= 0.3 is 0 Å². The smallest absolute Gasteiger partial charge is 0.0217 e. The predicted octanol–water partition coefficient (Wildman–Crippen LogP) is -0.0305. The molecule has 1 aliphatic heterocycles. The molecule has 1 aliphatic rings. The first-order valence-corrected chi connectivity index (χ1v) is 4.79. The number of hydrogen-bond donors (Lipinski definition) is 1. The topological polar surface area (TPSA) is 32.5 Å². The molecule has 3 nitrogen and oxygen atoms in total. The van der Waals surface area contributed by atoms with Crippen LogP contribution >= 0.6 is 0 Å². The van der Waals surface area contributed by atoms with Crippen LogP contribution in [0.4, 0.5) is 0 Å². The molecule has 0 bridgehead atoms. The molecule has 2 atom stereocenters. The summed E-state index contributed by atoms with van der Waals surface area (Å²) in [7, 11) is 2.17. The number of hydrogen-bond acceptors (Lipinski definition) is 3. The first kappa shape index (κ1) is 9.96. The zero-order valence-electron chi connectivity index (χ0n) is 8.45. The molecule has 3 heteroatoms. The minimum Gasteiger partial charge on any atom is -0.327 e. The van der Waals surface area contributed by atoms with E-state index in [1.807, 2.05) is 0 Å². The Kier molecular flexibility index (Phi) is 3.50. The van der Waals surface area contributed by atoms with E-state index >= 15 is 0 Å². The SMILES string of the molecule is CC([C@H](C)N)N1CCN(C)CC1. The average molecular weight is 171 g/mol. The molecule has 72 valence electrons. The van der Waals surface area contributed by atoms with E-state index in [0.29, 0.717) is 6.04 Å². The highest BCUT2D eigenvalue weighted by Gasteiger charge is 2.20. The molecular weight excluding hydrogens is 150 g/mol. The van der Waals surface area contributed by atoms with Gasteiger partial charge in [-0.25, -0.2) is 0 Å². The lowest BCUT2D eigenvalue weighted by molar-refractivity contribution is 0.109. The molecule has 1 saturated heterocycles. The molecule has 0 aromatic carbocycles. The third-order valence-electron chi connectivity index (χ3n) is 2.87. The fourth-order valence-corrected chi connectivity index (χ4v) is 1.56. The third kappa shape index (κ3) is 2.44. The van der Waals surface area contributed by atoms with Crippen LogP contribution in [0.15, 0.2) is 0 Å². The zero-order valence-corrected chi connectivity index (χ0v) is 8.45. The van der Waals surface area contributed by atoms with Crippen molar-refractivity contribution in [2.24, 2.45) is 5.73 Å². The van der Waals surface area contributed by atoms with Crippen LogP contribution in [0.25, 0.3) is 0 Å². The van der Waals surface area contributed by atoms with Crippen LogP contribution in [0.1, 0.15) is 13.8 Å². The fourth-order valence-electron chi connectivity index (χ4n) is 1.56. The highest BCUT2D eigenvalue weighted by Crippen LogP contribution is 2.06. The van der Waals surface area contributed by atoms with Gasteiger partial charge in [0.2, 0.25) is 0 Å². The summed E-state index contributed by atoms with van der Waals surface area (Å²) >= 11 is 0. The largest absolute Gasteiger partial charge is 0.327 e. The van der Waals surface area contributed by atoms with E-state index in [4.69, 9.17) is 5.73 Å². The van der Waals surface area contributed by atoms with E-state index in [1.165, 1.54) is 26.2 Å². The van der Waals surface area contributed by atoms with Crippen LogP contribution in [0.5, 0.6) is 0 Å². The Morgan fingerprint density at radius 3 is 2.00 bits per heavy atom. The van der Waals surface area contributed by atoms with Gasteiger partial charge < -0.3 is 10.6 Å². The van der Waals surface area contributed by atoms with E-state index in [9.17, 15) is 0 Å². The molecule has 0 amide bonds. The zero-order chi connectivity index (χ0) is 9.14. The highest BCUT2D eigenvalue weighted by molar-refractivity contribution is 4.79. The van der Waals surface area contributed by atoms with E-state index in [0.717, 1.165) is 0 Å². The molecule has 2 N–H and O–H groups in total. The van der Waals surface area contributed by atoms with Gasteiger partial charge in [0.15, 0.2) is 0 Å². The van der Waals surface area contributed by atoms with Crippen molar-refractivity contribution >= 4 is 0 Å². The monoisotopic (exact) mass is 171 g/mol. The summed E-state index contributed by atoms with van der Waals surface area (Å²) in [6.07, 6.45) is 0. The van der Waals surface area contributed by atoms with Crippen LogP contribution in [0.2, 0.25) is 0 Å². The molecule has 0 saturated carbocycles. The Labute approximate surface area is 75.5 Å². The van der Waals surface area contributed by atoms with Crippen molar-refractivity contribution in [1.29, 1.82) is 0 Å². The van der Waals surface area contributed by atoms with E-state index < -0.39 is 0 Å². The van der Waals surface area contributed by atoms with Gasteiger partial charge in [-0.05, 0) is 20.9 Å². The minimum absolute atomic E-state index is 0.286. The van der Waals surface area contributed by atoms with Crippen molar-refractivity contribution in [2.75, 3.05) is 33.2 Å². The molecule has 1 rings (SSSR count). The van der Waals surface area contributed by atoms with Crippen molar-refractivity contribution in [3.63, 3.8) is 0 Å². The van der Waals surface area contributed by atoms with E-state index in [1.54, 1.807) is 0 Å². The maximum atomic E-state index is 5.85. The Morgan fingerprint density at radius 1 is 1.08 bits per heavy atom. The Balaban J connectivity index is 2.34. The Bertz CT molecular complexity index is 128. The predicted molar refractivity (Wildman–Crippen MR) is 52.2 cm³/mol. The molecular formula is C9H21N3. The van der Waals surface area contributed by atoms with Gasteiger partial charge in [0.1, 0.15) is 0 Å². The molecule has 1 heterocycles. The normalized spacial score (nSPS) is 27.0. The second-order valence-corrected chi connectivity index (χ2v) is 3.94. The number of nitrogens with two attached hydrogens (primary N) is 1. The molecule has 1 unspecified atom stereocenters. The number of piperazine rings is 1. The van der Waals surface area contributed by atoms with Gasteiger partial charge in [-0.1, -0.05) is 0 Å². The molecule has 0 radical (unpaired) electrons. The van der Waals surface area contributed by atoms with Gasteiger partial charge in [-0.15, -0.1) is 0 Å². The molecule has 1 fully saturated rings. The lowest BCUT2D eigenvalue weighted by Gasteiger charge is -2.37. The van der Waals surface area contributed by atoms with Gasteiger partial charge in [0, 0.05) is 38.3 Å². The molecule has 0 aromatic heterocycles. The Morgan fingerprint density at radius 2 is 1.58 bits per heavy atom. The minimum atomic E-state index is 0.286. The third-order valence-corrected chi connectivity index (χ3v) is 2.87. The quantitative estimate of drug-likeness (QED) is 0.633. The molecule has 0 spiro atoms. The van der Waals surface area contributed by atoms with Crippen molar-refractivity contribution in [3.8, 4) is 0 Å². The van der Waals surface area contributed by atoms with Gasteiger partial charge in [0.05, 0.1) is 0 Å². The summed E-state index contributed by atoms with van der Waals surface area (Å²) < 4.78 is 0. The standard InChI is InChI=1S/C9H21N3/c1-8(10)9(2)12-6-4-11(3)5-7-12/h8-9H,4-7,10H2,1-3H3/t8-,9?/m0/s1. The van der Waals surface area contributed by atoms with Crippen molar-refractivity contribution in [1.82, 2.24) is 9.80 Å². The van der Waals surface area contributed by atoms with Crippen LogP contribution in [0, 0.1) is 0 Å². The second kappa shape index (κ2) is 4.21. The first-order valence-electron chi connectivity index (χ1n) is 4.79. The van der Waals surface area contributed by atoms with Crippen LogP contribution in [-0.2, 0) is 0 Å². The summed E-state index contributed by atoms with van der Waals surface area (Å²) in [6, 6.07) is 0.812. The van der Waals surface area contributed by atoms with Crippen molar-refractivity contribution in [2.45, 2.75) is 25.9 Å². The van der Waals surface area contributed by atoms with Crippen LogP contribution in [-0.4, -0.2) is 55.1 Å². The van der Waals surface area contributed by atoms with E-state index in [2.05, 4.69) is 30.7 Å². The second-order valence-electron chi connectivity index (χ2n) is 3.94. The molecule has 12 heavy (non-hydrogen) atoms. The summed E-state index contributed by atoms with van der Waals surface area (Å²) in [5.41, 5.74) is 5.85. The summed E-state index contributed by atoms with van der Waals surface area (Å²) in [6.45, 7) is 8.99. The van der Waals surface area contributed by atoms with Gasteiger partial charge in [0.25, 0.3) is 0 Å².